The summed E-state index contributed by atoms with van der Waals surface area (Å²) in [5.74, 6) is 0.324. The highest BCUT2D eigenvalue weighted by molar-refractivity contribution is 7.92. The zero-order valence-corrected chi connectivity index (χ0v) is 12.2. The molecule has 2 heterocycles. The fraction of sp³-hybridized carbons (Fsp3) is 0.727. The lowest BCUT2D eigenvalue weighted by Crippen LogP contribution is -2.30. The van der Waals surface area contributed by atoms with Gasteiger partial charge in [0, 0.05) is 20.1 Å². The van der Waals surface area contributed by atoms with Gasteiger partial charge in [-0.3, -0.25) is 4.68 Å². The Kier molecular flexibility index (Phi) is 3.99. The summed E-state index contributed by atoms with van der Waals surface area (Å²) in [6.45, 7) is 2.89. The van der Waals surface area contributed by atoms with Crippen LogP contribution in [0.2, 0.25) is 5.02 Å². The van der Waals surface area contributed by atoms with Gasteiger partial charge in [0.15, 0.2) is 9.84 Å². The van der Waals surface area contributed by atoms with Crippen molar-refractivity contribution < 1.29 is 8.42 Å². The summed E-state index contributed by atoms with van der Waals surface area (Å²) in [6.07, 6.45) is 1.54. The lowest BCUT2D eigenvalue weighted by atomic mass is 10.2. The summed E-state index contributed by atoms with van der Waals surface area (Å²) in [5, 5.41) is 7.79. The van der Waals surface area contributed by atoms with Gasteiger partial charge in [0.25, 0.3) is 0 Å². The quantitative estimate of drug-likeness (QED) is 0.901. The lowest BCUT2D eigenvalue weighted by Gasteiger charge is -2.11. The lowest BCUT2D eigenvalue weighted by molar-refractivity contribution is 0.566. The Morgan fingerprint density at radius 2 is 2.28 bits per heavy atom. The maximum atomic E-state index is 11.7. The number of rotatable bonds is 4. The van der Waals surface area contributed by atoms with Crippen LogP contribution >= 0.6 is 11.6 Å². The topological polar surface area (TPSA) is 64.0 Å². The van der Waals surface area contributed by atoms with Crippen molar-refractivity contribution >= 4 is 21.4 Å². The standard InChI is InChI=1S/C11H18ClN3O2S/c1-8-11(12)10(15(2)14-8)7-13-6-9-4-3-5-18(9,16)17/h9,13H,3-7H2,1-2H3. The first-order chi connectivity index (χ1) is 8.42. The maximum absolute atomic E-state index is 11.7. The zero-order chi connectivity index (χ0) is 13.3. The summed E-state index contributed by atoms with van der Waals surface area (Å²) in [6, 6.07) is 0. The van der Waals surface area contributed by atoms with Gasteiger partial charge in [0.1, 0.15) is 0 Å². The van der Waals surface area contributed by atoms with Crippen LogP contribution in [0.25, 0.3) is 0 Å². The van der Waals surface area contributed by atoms with Gasteiger partial charge in [-0.2, -0.15) is 5.10 Å². The van der Waals surface area contributed by atoms with Crippen LogP contribution in [0.3, 0.4) is 0 Å². The molecule has 1 atom stereocenters. The number of nitrogens with one attached hydrogen (secondary N) is 1. The first kappa shape index (κ1) is 13.8. The summed E-state index contributed by atoms with van der Waals surface area (Å²) in [4.78, 5) is 0. The van der Waals surface area contributed by atoms with Crippen LogP contribution in [0, 0.1) is 6.92 Å². The van der Waals surface area contributed by atoms with E-state index in [1.54, 1.807) is 4.68 Å². The van der Waals surface area contributed by atoms with Gasteiger partial charge in [-0.1, -0.05) is 11.6 Å². The first-order valence-electron chi connectivity index (χ1n) is 6.02. The molecular weight excluding hydrogens is 274 g/mol. The normalized spacial score (nSPS) is 22.5. The van der Waals surface area contributed by atoms with Gasteiger partial charge in [-0.25, -0.2) is 8.42 Å². The van der Waals surface area contributed by atoms with Crippen molar-refractivity contribution in [2.45, 2.75) is 31.6 Å². The van der Waals surface area contributed by atoms with Crippen LogP contribution < -0.4 is 5.32 Å². The Balaban J connectivity index is 1.93. The Hall–Kier alpha value is -0.590. The second kappa shape index (κ2) is 5.19. The van der Waals surface area contributed by atoms with E-state index in [0.29, 0.717) is 23.9 Å². The predicted octanol–water partition coefficient (Wildman–Crippen LogP) is 1.05. The van der Waals surface area contributed by atoms with Crippen molar-refractivity contribution in [3.63, 3.8) is 0 Å². The van der Waals surface area contributed by atoms with Crippen LogP contribution in [-0.4, -0.2) is 35.7 Å². The van der Waals surface area contributed by atoms with Gasteiger partial charge in [-0.15, -0.1) is 0 Å². The SMILES string of the molecule is Cc1nn(C)c(CNCC2CCCS2(=O)=O)c1Cl. The second-order valence-electron chi connectivity index (χ2n) is 4.73. The van der Waals surface area contributed by atoms with Crippen LogP contribution in [0.1, 0.15) is 24.2 Å². The maximum Gasteiger partial charge on any atom is 0.154 e. The van der Waals surface area contributed by atoms with E-state index in [1.165, 1.54) is 0 Å². The van der Waals surface area contributed by atoms with Gasteiger partial charge < -0.3 is 5.32 Å². The molecule has 0 radical (unpaired) electrons. The van der Waals surface area contributed by atoms with Gasteiger partial charge in [0.2, 0.25) is 0 Å². The minimum Gasteiger partial charge on any atom is -0.310 e. The largest absolute Gasteiger partial charge is 0.310 e. The Morgan fingerprint density at radius 3 is 2.78 bits per heavy atom. The number of aryl methyl sites for hydroxylation is 2. The molecule has 18 heavy (non-hydrogen) atoms. The van der Waals surface area contributed by atoms with E-state index in [9.17, 15) is 8.42 Å². The van der Waals surface area contributed by atoms with Crippen LogP contribution in [-0.2, 0) is 23.4 Å². The van der Waals surface area contributed by atoms with Crippen molar-refractivity contribution in [2.75, 3.05) is 12.3 Å². The van der Waals surface area contributed by atoms with E-state index in [-0.39, 0.29) is 5.25 Å². The molecule has 1 aromatic heterocycles. The molecule has 1 aliphatic heterocycles. The number of hydrogen-bond acceptors (Lipinski definition) is 4. The molecule has 102 valence electrons. The van der Waals surface area contributed by atoms with Crippen molar-refractivity contribution in [1.29, 1.82) is 0 Å². The van der Waals surface area contributed by atoms with Gasteiger partial charge >= 0.3 is 0 Å². The summed E-state index contributed by atoms with van der Waals surface area (Å²) >= 11 is 6.12. The highest BCUT2D eigenvalue weighted by atomic mass is 35.5. The van der Waals surface area contributed by atoms with E-state index in [1.807, 2.05) is 14.0 Å². The summed E-state index contributed by atoms with van der Waals surface area (Å²) in [5.41, 5.74) is 1.69. The molecule has 0 amide bonds. The molecule has 0 bridgehead atoms. The van der Waals surface area contributed by atoms with Gasteiger partial charge in [0.05, 0.1) is 27.4 Å². The molecule has 1 aliphatic rings. The third kappa shape index (κ3) is 2.70. The van der Waals surface area contributed by atoms with Crippen molar-refractivity contribution in [3.8, 4) is 0 Å². The van der Waals surface area contributed by atoms with Crippen LogP contribution in [0.5, 0.6) is 0 Å². The summed E-state index contributed by atoms with van der Waals surface area (Å²) < 4.78 is 25.0. The highest BCUT2D eigenvalue weighted by Crippen LogP contribution is 2.21. The average Bonchev–Trinajstić information content (AvgIpc) is 2.73. The smallest absolute Gasteiger partial charge is 0.154 e. The van der Waals surface area contributed by atoms with E-state index in [2.05, 4.69) is 10.4 Å². The van der Waals surface area contributed by atoms with E-state index in [0.717, 1.165) is 24.2 Å². The monoisotopic (exact) mass is 291 g/mol. The number of aromatic nitrogens is 2. The summed E-state index contributed by atoms with van der Waals surface area (Å²) in [7, 11) is -1.04. The molecule has 7 heteroatoms. The molecule has 0 saturated carbocycles. The molecule has 1 N–H and O–H groups in total. The van der Waals surface area contributed by atoms with Crippen molar-refractivity contribution in [3.05, 3.63) is 16.4 Å². The molecule has 0 aromatic carbocycles. The van der Waals surface area contributed by atoms with Crippen molar-refractivity contribution in [1.82, 2.24) is 15.1 Å². The van der Waals surface area contributed by atoms with E-state index >= 15 is 0 Å². The molecule has 1 saturated heterocycles. The van der Waals surface area contributed by atoms with Gasteiger partial charge in [-0.05, 0) is 19.8 Å². The molecule has 2 rings (SSSR count). The molecule has 0 spiro atoms. The van der Waals surface area contributed by atoms with E-state index in [4.69, 9.17) is 11.6 Å². The highest BCUT2D eigenvalue weighted by Gasteiger charge is 2.30. The number of nitrogens with zero attached hydrogens (tertiary/aromatic N) is 2. The first-order valence-corrected chi connectivity index (χ1v) is 8.11. The van der Waals surface area contributed by atoms with Crippen molar-refractivity contribution in [2.24, 2.45) is 7.05 Å². The molecule has 0 aliphatic carbocycles. The predicted molar refractivity (Wildman–Crippen MR) is 71.5 cm³/mol. The molecule has 1 aromatic rings. The third-order valence-corrected chi connectivity index (χ3v) is 6.16. The minimum absolute atomic E-state index is 0.245. The molecule has 1 fully saturated rings. The zero-order valence-electron chi connectivity index (χ0n) is 10.6. The minimum atomic E-state index is -2.87. The Labute approximate surface area is 112 Å². The Morgan fingerprint density at radius 1 is 1.56 bits per heavy atom. The fourth-order valence-corrected chi connectivity index (χ4v) is 4.34. The number of sulfone groups is 1. The number of halogens is 1. The third-order valence-electron chi connectivity index (χ3n) is 3.39. The second-order valence-corrected chi connectivity index (χ2v) is 7.51. The average molecular weight is 292 g/mol. The van der Waals surface area contributed by atoms with Crippen LogP contribution in [0.4, 0.5) is 0 Å². The molecular formula is C11H18ClN3O2S. The van der Waals surface area contributed by atoms with Crippen LogP contribution in [0.15, 0.2) is 0 Å². The molecule has 5 nitrogen and oxygen atoms in total. The van der Waals surface area contributed by atoms with E-state index < -0.39 is 9.84 Å². The Bertz CT molecular complexity index is 539. The number of hydrogen-bond donors (Lipinski definition) is 1. The fourth-order valence-electron chi connectivity index (χ4n) is 2.31. The molecule has 1 unspecified atom stereocenters.